The van der Waals surface area contributed by atoms with Crippen LogP contribution >= 0.6 is 0 Å². The van der Waals surface area contributed by atoms with E-state index >= 15 is 0 Å². The Hall–Kier alpha value is -3.48. The summed E-state index contributed by atoms with van der Waals surface area (Å²) in [5.41, 5.74) is 5.12. The maximum Gasteiger partial charge on any atom is 0.352 e. The van der Waals surface area contributed by atoms with Crippen LogP contribution in [-0.4, -0.2) is 47.5 Å². The summed E-state index contributed by atoms with van der Waals surface area (Å²) in [4.78, 5) is 38.7. The summed E-state index contributed by atoms with van der Waals surface area (Å²) in [5.74, 6) is -0.0750. The Morgan fingerprint density at radius 3 is 2.29 bits per heavy atom. The van der Waals surface area contributed by atoms with E-state index in [-0.39, 0.29) is 11.3 Å². The molecule has 0 unspecified atom stereocenters. The molecule has 1 fully saturated rings. The highest BCUT2D eigenvalue weighted by atomic mass is 17.2. The third-order valence-electron chi connectivity index (χ3n) is 6.50. The van der Waals surface area contributed by atoms with Crippen LogP contribution in [0.2, 0.25) is 0 Å². The fraction of sp³-hybridized carbons (Fsp3) is 0.407. The van der Waals surface area contributed by atoms with Crippen molar-refractivity contribution in [2.24, 2.45) is 7.05 Å². The summed E-state index contributed by atoms with van der Waals surface area (Å²) in [5, 5.41) is 0.897. The van der Waals surface area contributed by atoms with E-state index in [1.165, 1.54) is 18.2 Å². The first kappa shape index (κ1) is 23.7. The van der Waals surface area contributed by atoms with Gasteiger partial charge >= 0.3 is 5.97 Å². The monoisotopic (exact) mass is 463 g/mol. The number of anilines is 1. The number of aromatic nitrogens is 1. The number of aryl methyl sites for hydroxylation is 2. The molecule has 0 aliphatic carbocycles. The van der Waals surface area contributed by atoms with E-state index in [9.17, 15) is 9.59 Å². The molecule has 3 aromatic rings. The second kappa shape index (κ2) is 9.05. The standard InChI is InChI=1S/C27H33N3O4/c1-18-21-17-20(34-33-19(2)31)11-12-23(21)28(6)25(18)26(32)30-15-13-29(14-16-30)24-10-8-7-9-22(24)27(3,4)5/h7-12,17H,13-16H2,1-6H3. The summed E-state index contributed by atoms with van der Waals surface area (Å²) in [6.45, 7) is 12.8. The number of hydrogen-bond donors (Lipinski definition) is 0. The largest absolute Gasteiger partial charge is 0.368 e. The molecule has 0 radical (unpaired) electrons. The van der Waals surface area contributed by atoms with Crippen LogP contribution in [0.4, 0.5) is 5.69 Å². The summed E-state index contributed by atoms with van der Waals surface area (Å²) < 4.78 is 1.93. The normalized spacial score (nSPS) is 14.4. The Labute approximate surface area is 200 Å². The molecule has 7 heteroatoms. The van der Waals surface area contributed by atoms with Crippen LogP contribution in [0.5, 0.6) is 5.75 Å². The smallest absolute Gasteiger partial charge is 0.352 e. The van der Waals surface area contributed by atoms with Crippen molar-refractivity contribution < 1.29 is 19.4 Å². The summed E-state index contributed by atoms with van der Waals surface area (Å²) in [7, 11) is 1.91. The molecule has 180 valence electrons. The maximum atomic E-state index is 13.6. The molecule has 0 N–H and O–H groups in total. The average molecular weight is 464 g/mol. The molecule has 1 aliphatic rings. The fourth-order valence-corrected chi connectivity index (χ4v) is 4.75. The zero-order chi connectivity index (χ0) is 24.6. The number of carbonyl (C=O) groups is 2. The van der Waals surface area contributed by atoms with Gasteiger partial charge in [0.05, 0.1) is 0 Å². The van der Waals surface area contributed by atoms with Crippen molar-refractivity contribution >= 4 is 28.5 Å². The molecule has 34 heavy (non-hydrogen) atoms. The second-order valence-electron chi connectivity index (χ2n) is 9.92. The number of hydrogen-bond acceptors (Lipinski definition) is 5. The number of benzene rings is 2. The van der Waals surface area contributed by atoms with Crippen LogP contribution < -0.4 is 9.79 Å². The number of carbonyl (C=O) groups excluding carboxylic acids is 2. The summed E-state index contributed by atoms with van der Waals surface area (Å²) in [6, 6.07) is 14.0. The van der Waals surface area contributed by atoms with Gasteiger partial charge in [0.25, 0.3) is 5.91 Å². The molecule has 1 saturated heterocycles. The topological polar surface area (TPSA) is 64.0 Å². The van der Waals surface area contributed by atoms with Gasteiger partial charge in [-0.05, 0) is 47.7 Å². The zero-order valence-corrected chi connectivity index (χ0v) is 20.8. The average Bonchev–Trinajstić information content (AvgIpc) is 3.06. The van der Waals surface area contributed by atoms with E-state index < -0.39 is 5.97 Å². The first-order valence-electron chi connectivity index (χ1n) is 11.7. The minimum absolute atomic E-state index is 0.0300. The lowest BCUT2D eigenvalue weighted by Crippen LogP contribution is -2.49. The molecule has 0 bridgehead atoms. The van der Waals surface area contributed by atoms with E-state index in [2.05, 4.69) is 54.8 Å². The Bertz CT molecular complexity index is 1230. The van der Waals surface area contributed by atoms with Crippen molar-refractivity contribution in [3.8, 4) is 5.75 Å². The van der Waals surface area contributed by atoms with E-state index in [1.54, 1.807) is 12.1 Å². The van der Waals surface area contributed by atoms with Gasteiger partial charge in [-0.15, -0.1) is 0 Å². The SMILES string of the molecule is CC(=O)OOc1ccc2c(c1)c(C)c(C(=O)N1CCN(c3ccccc3C(C)(C)C)CC1)n2C. The maximum absolute atomic E-state index is 13.6. The summed E-state index contributed by atoms with van der Waals surface area (Å²) in [6.07, 6.45) is 0. The summed E-state index contributed by atoms with van der Waals surface area (Å²) >= 11 is 0. The third-order valence-corrected chi connectivity index (χ3v) is 6.50. The third kappa shape index (κ3) is 4.47. The molecule has 2 aromatic carbocycles. The fourth-order valence-electron chi connectivity index (χ4n) is 4.75. The second-order valence-corrected chi connectivity index (χ2v) is 9.92. The van der Waals surface area contributed by atoms with Gasteiger partial charge in [-0.2, -0.15) is 0 Å². The number of rotatable bonds is 4. The van der Waals surface area contributed by atoms with Crippen molar-refractivity contribution in [2.45, 2.75) is 40.0 Å². The van der Waals surface area contributed by atoms with Crippen LogP contribution in [-0.2, 0) is 22.1 Å². The highest BCUT2D eigenvalue weighted by molar-refractivity contribution is 6.02. The molecule has 0 atom stereocenters. The molecule has 0 saturated carbocycles. The van der Waals surface area contributed by atoms with Gasteiger partial charge < -0.3 is 14.4 Å². The minimum atomic E-state index is -0.523. The van der Waals surface area contributed by atoms with Gasteiger partial charge in [-0.1, -0.05) is 39.0 Å². The van der Waals surface area contributed by atoms with E-state index in [4.69, 9.17) is 4.89 Å². The van der Waals surface area contributed by atoms with Crippen molar-refractivity contribution in [3.05, 3.63) is 59.3 Å². The van der Waals surface area contributed by atoms with Gasteiger partial charge in [-0.25, -0.2) is 4.79 Å². The predicted molar refractivity (Wildman–Crippen MR) is 133 cm³/mol. The van der Waals surface area contributed by atoms with Crippen LogP contribution in [0.15, 0.2) is 42.5 Å². The zero-order valence-electron chi connectivity index (χ0n) is 20.8. The Kier molecular flexibility index (Phi) is 6.30. The first-order chi connectivity index (χ1) is 16.1. The highest BCUT2D eigenvalue weighted by Crippen LogP contribution is 2.33. The number of nitrogens with zero attached hydrogens (tertiary/aromatic N) is 3. The van der Waals surface area contributed by atoms with Gasteiger partial charge in [-0.3, -0.25) is 14.6 Å². The van der Waals surface area contributed by atoms with Crippen LogP contribution in [0, 0.1) is 6.92 Å². The lowest BCUT2D eigenvalue weighted by Gasteiger charge is -2.38. The van der Waals surface area contributed by atoms with E-state index in [1.807, 2.05) is 29.5 Å². The first-order valence-corrected chi connectivity index (χ1v) is 11.7. The Balaban J connectivity index is 1.54. The molecular weight excluding hydrogens is 430 g/mol. The van der Waals surface area contributed by atoms with E-state index in [0.717, 1.165) is 29.6 Å². The molecule has 1 aromatic heterocycles. The molecule has 7 nitrogen and oxygen atoms in total. The van der Waals surface area contributed by atoms with Gasteiger partial charge in [0.1, 0.15) is 5.69 Å². The highest BCUT2D eigenvalue weighted by Gasteiger charge is 2.29. The van der Waals surface area contributed by atoms with Gasteiger partial charge in [0, 0.05) is 56.7 Å². The molecule has 0 spiro atoms. The lowest BCUT2D eigenvalue weighted by molar-refractivity contribution is -0.210. The molecule has 1 amide bonds. The van der Waals surface area contributed by atoms with E-state index in [0.29, 0.717) is 24.5 Å². The van der Waals surface area contributed by atoms with Crippen molar-refractivity contribution in [1.82, 2.24) is 9.47 Å². The Morgan fingerprint density at radius 2 is 1.65 bits per heavy atom. The molecule has 2 heterocycles. The Morgan fingerprint density at radius 1 is 0.971 bits per heavy atom. The predicted octanol–water partition coefficient (Wildman–Crippen LogP) is 4.60. The lowest BCUT2D eigenvalue weighted by atomic mass is 9.85. The van der Waals surface area contributed by atoms with Gasteiger partial charge in [0.2, 0.25) is 0 Å². The number of fused-ring (bicyclic) bond motifs is 1. The minimum Gasteiger partial charge on any atom is -0.368 e. The number of amides is 1. The number of piperazine rings is 1. The van der Waals surface area contributed by atoms with Crippen molar-refractivity contribution in [2.75, 3.05) is 31.1 Å². The molecular formula is C27H33N3O4. The van der Waals surface area contributed by atoms with Gasteiger partial charge in [0.15, 0.2) is 5.75 Å². The quantitative estimate of drug-likeness (QED) is 0.418. The van der Waals surface area contributed by atoms with Crippen LogP contribution in [0.1, 0.15) is 49.3 Å². The van der Waals surface area contributed by atoms with Crippen molar-refractivity contribution in [1.29, 1.82) is 0 Å². The van der Waals surface area contributed by atoms with Crippen LogP contribution in [0.25, 0.3) is 10.9 Å². The molecule has 1 aliphatic heterocycles. The molecule has 4 rings (SSSR count). The van der Waals surface area contributed by atoms with Crippen molar-refractivity contribution in [3.63, 3.8) is 0 Å². The number of para-hydroxylation sites is 1. The van der Waals surface area contributed by atoms with Crippen LogP contribution in [0.3, 0.4) is 0 Å².